The molecule has 0 spiro atoms. The van der Waals surface area contributed by atoms with Gasteiger partial charge in [-0.05, 0) is 50.0 Å². The molecule has 2 rings (SSSR count). The van der Waals surface area contributed by atoms with Crippen LogP contribution in [0.5, 0.6) is 0 Å². The quantitative estimate of drug-likeness (QED) is 0.879. The van der Waals surface area contributed by atoms with E-state index in [-0.39, 0.29) is 0 Å². The van der Waals surface area contributed by atoms with Gasteiger partial charge >= 0.3 is 0 Å². The predicted octanol–water partition coefficient (Wildman–Crippen LogP) is 3.53. The fourth-order valence-electron chi connectivity index (χ4n) is 2.13. The molecule has 4 heteroatoms. The van der Waals surface area contributed by atoms with Crippen LogP contribution in [0, 0.1) is 5.92 Å². The molecule has 0 bridgehead atoms. The summed E-state index contributed by atoms with van der Waals surface area (Å²) >= 11 is 5.27. The van der Waals surface area contributed by atoms with Gasteiger partial charge in [0.05, 0.1) is 5.51 Å². The lowest BCUT2D eigenvalue weighted by Crippen LogP contribution is -2.22. The molecule has 18 heavy (non-hydrogen) atoms. The van der Waals surface area contributed by atoms with E-state index in [1.54, 1.807) is 11.3 Å². The SMILES string of the molecule is CNCC(Cc1cccc(Br)c1)Cc1cncs1. The van der Waals surface area contributed by atoms with Crippen molar-refractivity contribution in [3.8, 4) is 0 Å². The van der Waals surface area contributed by atoms with E-state index in [0.29, 0.717) is 5.92 Å². The van der Waals surface area contributed by atoms with Crippen LogP contribution in [0.2, 0.25) is 0 Å². The molecule has 1 N–H and O–H groups in total. The lowest BCUT2D eigenvalue weighted by Gasteiger charge is -2.15. The molecule has 0 fully saturated rings. The molecular weight excluding hydrogens is 308 g/mol. The Morgan fingerprint density at radius 2 is 2.28 bits per heavy atom. The van der Waals surface area contributed by atoms with Crippen LogP contribution in [-0.4, -0.2) is 18.6 Å². The molecule has 0 radical (unpaired) electrons. The molecule has 0 aliphatic rings. The summed E-state index contributed by atoms with van der Waals surface area (Å²) < 4.78 is 1.15. The molecule has 0 aliphatic heterocycles. The van der Waals surface area contributed by atoms with Gasteiger partial charge in [-0.2, -0.15) is 0 Å². The summed E-state index contributed by atoms with van der Waals surface area (Å²) in [6.07, 6.45) is 4.17. The number of rotatable bonds is 6. The summed E-state index contributed by atoms with van der Waals surface area (Å²) in [5, 5.41) is 3.29. The lowest BCUT2D eigenvalue weighted by atomic mass is 9.95. The third-order valence-corrected chi connectivity index (χ3v) is 4.17. The van der Waals surface area contributed by atoms with Gasteiger partial charge in [-0.3, -0.25) is 4.98 Å². The number of halogens is 1. The maximum Gasteiger partial charge on any atom is 0.0794 e. The molecule has 1 unspecified atom stereocenters. The average molecular weight is 325 g/mol. The second-order valence-corrected chi connectivity index (χ2v) is 6.32. The standard InChI is InChI=1S/C14H17BrN2S/c1-16-8-12(7-14-9-17-10-18-14)5-11-3-2-4-13(15)6-11/h2-4,6,9-10,12,16H,5,7-8H2,1H3. The Balaban J connectivity index is 2.01. The minimum atomic E-state index is 0.616. The van der Waals surface area contributed by atoms with E-state index >= 15 is 0 Å². The highest BCUT2D eigenvalue weighted by Gasteiger charge is 2.11. The number of nitrogens with one attached hydrogen (secondary N) is 1. The maximum atomic E-state index is 4.15. The van der Waals surface area contributed by atoms with Crippen molar-refractivity contribution in [2.24, 2.45) is 5.92 Å². The van der Waals surface area contributed by atoms with Gasteiger partial charge in [-0.15, -0.1) is 11.3 Å². The monoisotopic (exact) mass is 324 g/mol. The number of benzene rings is 1. The molecule has 96 valence electrons. The van der Waals surface area contributed by atoms with E-state index in [1.165, 1.54) is 10.4 Å². The number of hydrogen-bond donors (Lipinski definition) is 1. The van der Waals surface area contributed by atoms with Gasteiger partial charge in [0.2, 0.25) is 0 Å². The van der Waals surface area contributed by atoms with Crippen LogP contribution in [0.4, 0.5) is 0 Å². The van der Waals surface area contributed by atoms with Gasteiger partial charge in [0, 0.05) is 15.5 Å². The van der Waals surface area contributed by atoms with Crippen LogP contribution in [-0.2, 0) is 12.8 Å². The van der Waals surface area contributed by atoms with Crippen molar-refractivity contribution in [1.29, 1.82) is 0 Å². The van der Waals surface area contributed by atoms with Crippen LogP contribution in [0.3, 0.4) is 0 Å². The largest absolute Gasteiger partial charge is 0.319 e. The third-order valence-electron chi connectivity index (χ3n) is 2.88. The summed E-state index contributed by atoms with van der Waals surface area (Å²) in [6, 6.07) is 8.57. The first kappa shape index (κ1) is 13.7. The zero-order valence-corrected chi connectivity index (χ0v) is 12.8. The van der Waals surface area contributed by atoms with Crippen LogP contribution in [0.15, 0.2) is 40.4 Å². The summed E-state index contributed by atoms with van der Waals surface area (Å²) in [5.74, 6) is 0.616. The zero-order chi connectivity index (χ0) is 12.8. The van der Waals surface area contributed by atoms with Gasteiger partial charge in [-0.1, -0.05) is 28.1 Å². The van der Waals surface area contributed by atoms with Crippen LogP contribution in [0.1, 0.15) is 10.4 Å². The van der Waals surface area contributed by atoms with Gasteiger partial charge < -0.3 is 5.32 Å². The minimum Gasteiger partial charge on any atom is -0.319 e. The van der Waals surface area contributed by atoms with E-state index in [9.17, 15) is 0 Å². The Morgan fingerprint density at radius 1 is 1.39 bits per heavy atom. The third kappa shape index (κ3) is 4.19. The van der Waals surface area contributed by atoms with Crippen LogP contribution in [0.25, 0.3) is 0 Å². The van der Waals surface area contributed by atoms with Crippen LogP contribution >= 0.6 is 27.3 Å². The van der Waals surface area contributed by atoms with E-state index in [0.717, 1.165) is 23.9 Å². The molecule has 1 aromatic heterocycles. The first-order valence-corrected chi connectivity index (χ1v) is 7.71. The van der Waals surface area contributed by atoms with Crippen molar-refractivity contribution in [3.05, 3.63) is 50.9 Å². The molecule has 0 aliphatic carbocycles. The normalized spacial score (nSPS) is 12.6. The van der Waals surface area contributed by atoms with Gasteiger partial charge in [0.1, 0.15) is 0 Å². The van der Waals surface area contributed by atoms with Gasteiger partial charge in [0.15, 0.2) is 0 Å². The molecule has 1 atom stereocenters. The molecule has 0 saturated carbocycles. The van der Waals surface area contributed by atoms with E-state index in [4.69, 9.17) is 0 Å². The lowest BCUT2D eigenvalue weighted by molar-refractivity contribution is 0.496. The number of aromatic nitrogens is 1. The Kier molecular flexibility index (Phi) is 5.35. The molecule has 2 nitrogen and oxygen atoms in total. The second kappa shape index (κ2) is 7.02. The first-order valence-electron chi connectivity index (χ1n) is 6.04. The molecular formula is C14H17BrN2S. The number of hydrogen-bond acceptors (Lipinski definition) is 3. The Bertz CT molecular complexity index is 470. The van der Waals surface area contributed by atoms with E-state index in [2.05, 4.69) is 50.5 Å². The topological polar surface area (TPSA) is 24.9 Å². The summed E-state index contributed by atoms with van der Waals surface area (Å²) in [4.78, 5) is 5.51. The van der Waals surface area contributed by atoms with E-state index < -0.39 is 0 Å². The highest BCUT2D eigenvalue weighted by Crippen LogP contribution is 2.19. The summed E-state index contributed by atoms with van der Waals surface area (Å²) in [5.41, 5.74) is 3.29. The Morgan fingerprint density at radius 3 is 2.94 bits per heavy atom. The molecule has 2 aromatic rings. The number of thiazole rings is 1. The van der Waals surface area contributed by atoms with E-state index in [1.807, 2.05) is 18.8 Å². The van der Waals surface area contributed by atoms with Gasteiger partial charge in [0.25, 0.3) is 0 Å². The van der Waals surface area contributed by atoms with Crippen LogP contribution < -0.4 is 5.32 Å². The van der Waals surface area contributed by atoms with Crippen molar-refractivity contribution in [2.45, 2.75) is 12.8 Å². The van der Waals surface area contributed by atoms with Crippen molar-refractivity contribution in [2.75, 3.05) is 13.6 Å². The molecule has 1 heterocycles. The Labute approximate surface area is 121 Å². The highest BCUT2D eigenvalue weighted by atomic mass is 79.9. The minimum absolute atomic E-state index is 0.616. The zero-order valence-electron chi connectivity index (χ0n) is 10.4. The van der Waals surface area contributed by atoms with Crippen molar-refractivity contribution >= 4 is 27.3 Å². The summed E-state index contributed by atoms with van der Waals surface area (Å²) in [7, 11) is 2.01. The first-order chi connectivity index (χ1) is 8.78. The average Bonchev–Trinajstić information content (AvgIpc) is 2.82. The van der Waals surface area contributed by atoms with Crippen molar-refractivity contribution < 1.29 is 0 Å². The molecule has 0 saturated heterocycles. The predicted molar refractivity (Wildman–Crippen MR) is 81.1 cm³/mol. The fraction of sp³-hybridized carbons (Fsp3) is 0.357. The molecule has 1 aromatic carbocycles. The second-order valence-electron chi connectivity index (χ2n) is 4.43. The molecule has 0 amide bonds. The highest BCUT2D eigenvalue weighted by molar-refractivity contribution is 9.10. The Hall–Kier alpha value is -0.710. The number of nitrogens with zero attached hydrogens (tertiary/aromatic N) is 1. The van der Waals surface area contributed by atoms with Crippen molar-refractivity contribution in [3.63, 3.8) is 0 Å². The smallest absolute Gasteiger partial charge is 0.0794 e. The van der Waals surface area contributed by atoms with Gasteiger partial charge in [-0.25, -0.2) is 0 Å². The maximum absolute atomic E-state index is 4.15. The fourth-order valence-corrected chi connectivity index (χ4v) is 3.29. The van der Waals surface area contributed by atoms with Crippen molar-refractivity contribution in [1.82, 2.24) is 10.3 Å². The summed E-state index contributed by atoms with van der Waals surface area (Å²) in [6.45, 7) is 1.03.